The smallest absolute Gasteiger partial charge is 0.394 e. The van der Waals surface area contributed by atoms with Gasteiger partial charge in [0.1, 0.15) is 12.1 Å². The van der Waals surface area contributed by atoms with Crippen molar-refractivity contribution in [3.05, 3.63) is 65.5 Å². The van der Waals surface area contributed by atoms with Gasteiger partial charge in [0.15, 0.2) is 5.69 Å². The van der Waals surface area contributed by atoms with Crippen molar-refractivity contribution in [3.8, 4) is 0 Å². The maximum atomic E-state index is 13.8. The first-order chi connectivity index (χ1) is 21.8. The van der Waals surface area contributed by atoms with E-state index in [2.05, 4.69) is 30.9 Å². The molecule has 4 rings (SSSR count). The molecule has 0 unspecified atom stereocenters. The largest absolute Gasteiger partial charge is 0.452 e. The zero-order valence-corrected chi connectivity index (χ0v) is 25.5. The molecule has 0 bridgehead atoms. The number of aliphatic hydroxyl groups excluding tert-OH is 1. The fourth-order valence-corrected chi connectivity index (χ4v) is 5.51. The first kappa shape index (κ1) is 34.4. The van der Waals surface area contributed by atoms with Gasteiger partial charge in [-0.2, -0.15) is 13.2 Å². The van der Waals surface area contributed by atoms with Crippen molar-refractivity contribution in [1.82, 2.24) is 26.4 Å². The molecule has 1 aliphatic rings. The van der Waals surface area contributed by atoms with E-state index in [0.29, 0.717) is 24.6 Å². The van der Waals surface area contributed by atoms with Crippen LogP contribution < -0.4 is 21.3 Å². The van der Waals surface area contributed by atoms with E-state index in [1.807, 2.05) is 44.2 Å². The third kappa shape index (κ3) is 9.05. The lowest BCUT2D eigenvalue weighted by molar-refractivity contribution is -0.155. The molecule has 4 amide bonds. The number of carbonyl (C=O) groups excluding carboxylic acids is 4. The number of halogens is 3. The van der Waals surface area contributed by atoms with E-state index < -0.39 is 60.1 Å². The average Bonchev–Trinajstić information content (AvgIpc) is 3.53. The predicted octanol–water partition coefficient (Wildman–Crippen LogP) is 3.11. The van der Waals surface area contributed by atoms with Gasteiger partial charge in [0.2, 0.25) is 23.5 Å². The summed E-state index contributed by atoms with van der Waals surface area (Å²) in [6.45, 7) is 3.85. The molecule has 4 atom stereocenters. The van der Waals surface area contributed by atoms with Gasteiger partial charge in [-0.05, 0) is 47.9 Å². The van der Waals surface area contributed by atoms with Crippen molar-refractivity contribution in [3.63, 3.8) is 0 Å². The first-order valence-corrected chi connectivity index (χ1v) is 15.2. The van der Waals surface area contributed by atoms with E-state index in [4.69, 9.17) is 0 Å². The number of hydrogen-bond acceptors (Lipinski definition) is 7. The van der Waals surface area contributed by atoms with Gasteiger partial charge in [-0.25, -0.2) is 0 Å². The Labute approximate surface area is 263 Å². The SMILES string of the molecule is CC(C)C[C@H](NC(=O)[C@H](Cc1cccc2ccccc12)NC(=O)c1cc(C(F)(F)F)on1)C(=O)N[C@H](CO)C[C@@H]1CCCNC1=O. The zero-order valence-electron chi connectivity index (χ0n) is 25.5. The Hall–Kier alpha value is -4.46. The number of carbonyl (C=O) groups is 4. The van der Waals surface area contributed by atoms with E-state index in [9.17, 15) is 37.5 Å². The summed E-state index contributed by atoms with van der Waals surface area (Å²) >= 11 is 0. The average molecular weight is 646 g/mol. The Balaban J connectivity index is 1.56. The summed E-state index contributed by atoms with van der Waals surface area (Å²) in [5.41, 5.74) is 0.00250. The van der Waals surface area contributed by atoms with Crippen LogP contribution in [0.2, 0.25) is 0 Å². The summed E-state index contributed by atoms with van der Waals surface area (Å²) in [7, 11) is 0. The minimum Gasteiger partial charge on any atom is -0.394 e. The minimum absolute atomic E-state index is 0.0604. The molecule has 0 spiro atoms. The molecular formula is C32H38F3N5O6. The Morgan fingerprint density at radius 1 is 1.04 bits per heavy atom. The number of hydrogen-bond donors (Lipinski definition) is 5. The van der Waals surface area contributed by atoms with Crippen LogP contribution in [-0.4, -0.2) is 65.2 Å². The lowest BCUT2D eigenvalue weighted by atomic mass is 9.91. The third-order valence-corrected chi connectivity index (χ3v) is 7.82. The molecule has 2 aromatic carbocycles. The number of piperidine rings is 1. The van der Waals surface area contributed by atoms with Gasteiger partial charge < -0.3 is 30.9 Å². The zero-order chi connectivity index (χ0) is 33.4. The second-order valence-electron chi connectivity index (χ2n) is 11.9. The van der Waals surface area contributed by atoms with Gasteiger partial charge in [0.05, 0.1) is 12.6 Å². The number of rotatable bonds is 13. The molecule has 1 aromatic heterocycles. The van der Waals surface area contributed by atoms with Crippen molar-refractivity contribution in [2.75, 3.05) is 13.2 Å². The summed E-state index contributed by atoms with van der Waals surface area (Å²) in [5, 5.41) is 25.5. The Morgan fingerprint density at radius 3 is 2.43 bits per heavy atom. The molecule has 1 saturated heterocycles. The first-order valence-electron chi connectivity index (χ1n) is 15.2. The number of fused-ring (bicyclic) bond motifs is 1. The summed E-state index contributed by atoms with van der Waals surface area (Å²) in [6.07, 6.45) is -3.11. The molecule has 11 nitrogen and oxygen atoms in total. The molecule has 0 aliphatic carbocycles. The van der Waals surface area contributed by atoms with Crippen molar-refractivity contribution in [1.29, 1.82) is 0 Å². The quantitative estimate of drug-likeness (QED) is 0.191. The van der Waals surface area contributed by atoms with Crippen LogP contribution in [0.5, 0.6) is 0 Å². The van der Waals surface area contributed by atoms with Gasteiger partial charge >= 0.3 is 6.18 Å². The third-order valence-electron chi connectivity index (χ3n) is 7.82. The van der Waals surface area contributed by atoms with Crippen LogP contribution in [0.25, 0.3) is 10.8 Å². The maximum Gasteiger partial charge on any atom is 0.452 e. The van der Waals surface area contributed by atoms with Gasteiger partial charge in [-0.1, -0.05) is 61.5 Å². The summed E-state index contributed by atoms with van der Waals surface area (Å²) < 4.78 is 43.5. The van der Waals surface area contributed by atoms with Crippen LogP contribution in [-0.2, 0) is 27.0 Å². The molecule has 1 fully saturated rings. The molecule has 1 aliphatic heterocycles. The highest BCUT2D eigenvalue weighted by molar-refractivity contribution is 5.98. The molecule has 2 heterocycles. The van der Waals surface area contributed by atoms with Gasteiger partial charge in [-0.15, -0.1) is 0 Å². The molecule has 3 aromatic rings. The lowest BCUT2D eigenvalue weighted by Crippen LogP contribution is -2.56. The second kappa shape index (κ2) is 15.2. The molecule has 248 valence electrons. The number of nitrogens with one attached hydrogen (secondary N) is 4. The van der Waals surface area contributed by atoms with Gasteiger partial charge in [0, 0.05) is 24.9 Å². The van der Waals surface area contributed by atoms with Gasteiger partial charge in [-0.3, -0.25) is 19.2 Å². The van der Waals surface area contributed by atoms with Crippen LogP contribution in [0.1, 0.15) is 61.3 Å². The topological polar surface area (TPSA) is 163 Å². The highest BCUT2D eigenvalue weighted by Gasteiger charge is 2.37. The Kier molecular flexibility index (Phi) is 11.4. The van der Waals surface area contributed by atoms with E-state index in [1.54, 1.807) is 12.1 Å². The van der Waals surface area contributed by atoms with Gasteiger partial charge in [0.25, 0.3) is 5.91 Å². The van der Waals surface area contributed by atoms with Crippen LogP contribution in [0, 0.1) is 11.8 Å². The molecule has 46 heavy (non-hydrogen) atoms. The number of amides is 4. The normalized spacial score (nSPS) is 17.2. The van der Waals surface area contributed by atoms with Crippen molar-refractivity contribution < 1.29 is 42.0 Å². The van der Waals surface area contributed by atoms with E-state index >= 15 is 0 Å². The summed E-state index contributed by atoms with van der Waals surface area (Å²) in [4.78, 5) is 52.5. The van der Waals surface area contributed by atoms with E-state index in [1.165, 1.54) is 0 Å². The number of nitrogens with zero attached hydrogens (tertiary/aromatic N) is 1. The predicted molar refractivity (Wildman–Crippen MR) is 161 cm³/mol. The molecule has 0 saturated carbocycles. The van der Waals surface area contributed by atoms with Crippen molar-refractivity contribution in [2.24, 2.45) is 11.8 Å². The second-order valence-corrected chi connectivity index (χ2v) is 11.9. The standard InChI is InChI=1S/C32H38F3N5O6/c1-18(2)13-24(29(43)37-22(17-41)14-21-10-6-12-36-28(21)42)38-30(44)25(15-20-9-5-8-19-7-3-4-11-23(19)20)39-31(45)26-16-27(46-40-26)32(33,34)35/h3-5,7-9,11,16,18,21-22,24-25,41H,6,10,12-15,17H2,1-2H3,(H,36,42)(H,37,43)(H,38,44)(H,39,45)/t21-,22-,24-,25-/m0/s1. The summed E-state index contributed by atoms with van der Waals surface area (Å²) in [5.74, 6) is -4.46. The fraction of sp³-hybridized carbons (Fsp3) is 0.469. The van der Waals surface area contributed by atoms with Crippen LogP contribution >= 0.6 is 0 Å². The number of alkyl halides is 3. The monoisotopic (exact) mass is 645 g/mol. The van der Waals surface area contributed by atoms with Crippen LogP contribution in [0.3, 0.4) is 0 Å². The molecule has 14 heteroatoms. The maximum absolute atomic E-state index is 13.8. The molecular weight excluding hydrogens is 607 g/mol. The number of aromatic nitrogens is 1. The van der Waals surface area contributed by atoms with Crippen LogP contribution in [0.4, 0.5) is 13.2 Å². The number of aliphatic hydroxyl groups is 1. The van der Waals surface area contributed by atoms with Crippen LogP contribution in [0.15, 0.2) is 53.1 Å². The lowest BCUT2D eigenvalue weighted by Gasteiger charge is -2.28. The fourth-order valence-electron chi connectivity index (χ4n) is 5.51. The summed E-state index contributed by atoms with van der Waals surface area (Å²) in [6, 6.07) is 10.1. The molecule has 5 N–H and O–H groups in total. The highest BCUT2D eigenvalue weighted by atomic mass is 19.4. The Morgan fingerprint density at radius 2 is 1.76 bits per heavy atom. The van der Waals surface area contributed by atoms with E-state index in [-0.39, 0.29) is 37.0 Å². The molecule has 0 radical (unpaired) electrons. The minimum atomic E-state index is -4.87. The van der Waals surface area contributed by atoms with Crippen molar-refractivity contribution >= 4 is 34.4 Å². The van der Waals surface area contributed by atoms with E-state index in [0.717, 1.165) is 17.2 Å². The highest BCUT2D eigenvalue weighted by Crippen LogP contribution is 2.29. The number of benzene rings is 2. The van der Waals surface area contributed by atoms with Crippen molar-refractivity contribution in [2.45, 2.75) is 70.3 Å². The Bertz CT molecular complexity index is 1540.